The second kappa shape index (κ2) is 6.30. The summed E-state index contributed by atoms with van der Waals surface area (Å²) >= 11 is 12.1. The highest BCUT2D eigenvalue weighted by Gasteiger charge is 2.58. The van der Waals surface area contributed by atoms with Crippen molar-refractivity contribution in [3.8, 4) is 0 Å². The number of amides is 2. The van der Waals surface area contributed by atoms with E-state index in [1.54, 1.807) is 23.1 Å². The molecule has 0 bridgehead atoms. The summed E-state index contributed by atoms with van der Waals surface area (Å²) in [5, 5.41) is 3.44. The number of likely N-dealkylation sites (N-methyl/N-ethyl adjacent to an activating group) is 1. The predicted octanol–water partition coefficient (Wildman–Crippen LogP) is 2.49. The molecule has 2 amide bonds. The Bertz CT molecular complexity index is 638. The molecule has 1 aliphatic heterocycles. The summed E-state index contributed by atoms with van der Waals surface area (Å²) in [4.78, 5) is 29.4. The van der Waals surface area contributed by atoms with Crippen molar-refractivity contribution in [3.63, 3.8) is 0 Å². The number of nitrogens with one attached hydrogen (secondary N) is 1. The monoisotopic (exact) mass is 355 g/mol. The molecular formula is C16H19Cl2N3O2. The van der Waals surface area contributed by atoms with Crippen LogP contribution < -0.4 is 5.32 Å². The molecule has 2 fully saturated rings. The fourth-order valence-corrected chi connectivity index (χ4v) is 3.17. The van der Waals surface area contributed by atoms with Crippen molar-refractivity contribution in [2.75, 3.05) is 38.5 Å². The Balaban J connectivity index is 1.71. The standard InChI is InChI=1S/C16H19Cl2N3O2/c1-20-7-9-21(10-8-20)15(23)16(5-6-16)14(22)19-12-4-2-3-11(17)13(12)18/h2-4H,5-10H2,1H3,(H,19,22). The molecule has 23 heavy (non-hydrogen) atoms. The number of carbonyl (C=O) groups is 2. The number of piperazine rings is 1. The number of halogens is 2. The van der Waals surface area contributed by atoms with Gasteiger partial charge >= 0.3 is 0 Å². The first kappa shape index (κ1) is 16.6. The van der Waals surface area contributed by atoms with Crippen molar-refractivity contribution in [2.24, 2.45) is 5.41 Å². The van der Waals surface area contributed by atoms with Crippen molar-refractivity contribution in [1.29, 1.82) is 0 Å². The first-order chi connectivity index (χ1) is 10.9. The van der Waals surface area contributed by atoms with Gasteiger partial charge in [-0.25, -0.2) is 0 Å². The summed E-state index contributed by atoms with van der Waals surface area (Å²) in [6.45, 7) is 3.01. The average molecular weight is 356 g/mol. The molecule has 0 spiro atoms. The zero-order valence-corrected chi connectivity index (χ0v) is 14.5. The summed E-state index contributed by atoms with van der Waals surface area (Å²) in [5.74, 6) is -0.355. The van der Waals surface area contributed by atoms with Gasteiger partial charge < -0.3 is 15.1 Å². The van der Waals surface area contributed by atoms with Crippen molar-refractivity contribution < 1.29 is 9.59 Å². The van der Waals surface area contributed by atoms with E-state index in [9.17, 15) is 9.59 Å². The minimum Gasteiger partial charge on any atom is -0.339 e. The predicted molar refractivity (Wildman–Crippen MR) is 90.8 cm³/mol. The quantitative estimate of drug-likeness (QED) is 0.847. The van der Waals surface area contributed by atoms with Gasteiger partial charge in [-0.15, -0.1) is 0 Å². The molecule has 0 radical (unpaired) electrons. The Kier molecular flexibility index (Phi) is 4.54. The lowest BCUT2D eigenvalue weighted by Crippen LogP contribution is -2.51. The number of hydrogen-bond donors (Lipinski definition) is 1. The highest BCUT2D eigenvalue weighted by Crippen LogP contribution is 2.48. The van der Waals surface area contributed by atoms with Crippen LogP contribution in [0.1, 0.15) is 12.8 Å². The summed E-state index contributed by atoms with van der Waals surface area (Å²) in [6, 6.07) is 5.05. The Labute approximate surface area is 145 Å². The Morgan fingerprint density at radius 2 is 1.78 bits per heavy atom. The molecule has 5 nitrogen and oxygen atoms in total. The van der Waals surface area contributed by atoms with Crippen LogP contribution in [-0.4, -0.2) is 54.8 Å². The van der Waals surface area contributed by atoms with E-state index >= 15 is 0 Å². The van der Waals surface area contributed by atoms with Gasteiger partial charge in [-0.05, 0) is 32.0 Å². The highest BCUT2D eigenvalue weighted by molar-refractivity contribution is 6.44. The average Bonchev–Trinajstić information content (AvgIpc) is 3.34. The lowest BCUT2D eigenvalue weighted by molar-refractivity contribution is -0.143. The molecule has 0 aromatic heterocycles. The van der Waals surface area contributed by atoms with Crippen molar-refractivity contribution in [2.45, 2.75) is 12.8 Å². The van der Waals surface area contributed by atoms with E-state index in [-0.39, 0.29) is 11.8 Å². The maximum absolute atomic E-state index is 12.8. The van der Waals surface area contributed by atoms with Crippen LogP contribution in [0.2, 0.25) is 10.0 Å². The second-order valence-electron chi connectivity index (χ2n) is 6.23. The van der Waals surface area contributed by atoms with E-state index in [4.69, 9.17) is 23.2 Å². The summed E-state index contributed by atoms with van der Waals surface area (Å²) in [7, 11) is 2.03. The molecule has 124 valence electrons. The molecule has 1 N–H and O–H groups in total. The van der Waals surface area contributed by atoms with Gasteiger partial charge in [-0.1, -0.05) is 29.3 Å². The zero-order chi connectivity index (χ0) is 16.6. The minimum absolute atomic E-state index is 0.0683. The fourth-order valence-electron chi connectivity index (χ4n) is 2.82. The maximum atomic E-state index is 12.8. The third kappa shape index (κ3) is 3.18. The van der Waals surface area contributed by atoms with Gasteiger partial charge in [-0.3, -0.25) is 9.59 Å². The molecular weight excluding hydrogens is 337 g/mol. The van der Waals surface area contributed by atoms with Crippen LogP contribution in [0.4, 0.5) is 5.69 Å². The summed E-state index contributed by atoms with van der Waals surface area (Å²) in [5.41, 5.74) is -0.483. The van der Waals surface area contributed by atoms with Gasteiger partial charge in [0.2, 0.25) is 11.8 Å². The fraction of sp³-hybridized carbons (Fsp3) is 0.500. The van der Waals surface area contributed by atoms with Gasteiger partial charge in [-0.2, -0.15) is 0 Å². The zero-order valence-electron chi connectivity index (χ0n) is 12.9. The summed E-state index contributed by atoms with van der Waals surface area (Å²) < 4.78 is 0. The smallest absolute Gasteiger partial charge is 0.240 e. The van der Waals surface area contributed by atoms with Gasteiger partial charge in [0.1, 0.15) is 5.41 Å². The van der Waals surface area contributed by atoms with Crippen LogP contribution in [-0.2, 0) is 9.59 Å². The van der Waals surface area contributed by atoms with Crippen LogP contribution in [0.5, 0.6) is 0 Å². The molecule has 0 atom stereocenters. The van der Waals surface area contributed by atoms with Gasteiger partial charge in [0.15, 0.2) is 0 Å². The van der Waals surface area contributed by atoms with Crippen LogP contribution >= 0.6 is 23.2 Å². The van der Waals surface area contributed by atoms with E-state index in [0.29, 0.717) is 41.7 Å². The highest BCUT2D eigenvalue weighted by atomic mass is 35.5. The molecule has 1 heterocycles. The Morgan fingerprint density at radius 1 is 1.13 bits per heavy atom. The van der Waals surface area contributed by atoms with Crippen molar-refractivity contribution in [1.82, 2.24) is 9.80 Å². The van der Waals surface area contributed by atoms with Gasteiger partial charge in [0, 0.05) is 26.2 Å². The molecule has 1 saturated carbocycles. The molecule has 1 aromatic carbocycles. The normalized spacial score (nSPS) is 20.2. The maximum Gasteiger partial charge on any atom is 0.240 e. The van der Waals surface area contributed by atoms with E-state index in [1.165, 1.54) is 0 Å². The van der Waals surface area contributed by atoms with Crippen molar-refractivity contribution >= 4 is 40.7 Å². The summed E-state index contributed by atoms with van der Waals surface area (Å²) in [6.07, 6.45) is 1.17. The largest absolute Gasteiger partial charge is 0.339 e. The number of hydrogen-bond acceptors (Lipinski definition) is 3. The molecule has 3 rings (SSSR count). The molecule has 1 saturated heterocycles. The molecule has 7 heteroatoms. The number of anilines is 1. The third-order valence-electron chi connectivity index (χ3n) is 4.58. The van der Waals surface area contributed by atoms with E-state index < -0.39 is 5.41 Å². The van der Waals surface area contributed by atoms with Gasteiger partial charge in [0.25, 0.3) is 0 Å². The molecule has 1 aliphatic carbocycles. The SMILES string of the molecule is CN1CCN(C(=O)C2(C(=O)Nc3cccc(Cl)c3Cl)CC2)CC1. The van der Waals surface area contributed by atoms with E-state index in [2.05, 4.69) is 10.2 Å². The lowest BCUT2D eigenvalue weighted by atomic mass is 10.0. The second-order valence-corrected chi connectivity index (χ2v) is 7.02. The number of nitrogens with zero attached hydrogens (tertiary/aromatic N) is 2. The molecule has 1 aromatic rings. The van der Waals surface area contributed by atoms with Crippen LogP contribution in [0.15, 0.2) is 18.2 Å². The van der Waals surface area contributed by atoms with Crippen molar-refractivity contribution in [3.05, 3.63) is 28.2 Å². The van der Waals surface area contributed by atoms with Crippen LogP contribution in [0.25, 0.3) is 0 Å². The van der Waals surface area contributed by atoms with E-state index in [0.717, 1.165) is 13.1 Å². The number of rotatable bonds is 3. The molecule has 2 aliphatic rings. The lowest BCUT2D eigenvalue weighted by Gasteiger charge is -2.34. The number of carbonyl (C=O) groups excluding carboxylic acids is 2. The first-order valence-electron chi connectivity index (χ1n) is 7.67. The Hall–Kier alpha value is -1.30. The minimum atomic E-state index is -0.929. The Morgan fingerprint density at radius 3 is 2.39 bits per heavy atom. The van der Waals surface area contributed by atoms with Crippen LogP contribution in [0.3, 0.4) is 0 Å². The van der Waals surface area contributed by atoms with E-state index in [1.807, 2.05) is 7.05 Å². The van der Waals surface area contributed by atoms with Crippen LogP contribution in [0, 0.1) is 5.41 Å². The molecule has 0 unspecified atom stereocenters. The van der Waals surface area contributed by atoms with Gasteiger partial charge in [0.05, 0.1) is 15.7 Å². The first-order valence-corrected chi connectivity index (χ1v) is 8.43. The third-order valence-corrected chi connectivity index (χ3v) is 5.40. The number of benzene rings is 1. The topological polar surface area (TPSA) is 52.7 Å².